The molecule has 342 valence electrons. The lowest BCUT2D eigenvalue weighted by Gasteiger charge is -2.48. The summed E-state index contributed by atoms with van der Waals surface area (Å²) in [6.45, 7) is 0.271. The molecule has 3 aliphatic heterocycles. The Hall–Kier alpha value is -1.52. The van der Waals surface area contributed by atoms with Crippen LogP contribution in [0.1, 0.15) is 129 Å². The van der Waals surface area contributed by atoms with Crippen LogP contribution in [-0.2, 0) is 28.4 Å². The molecule has 16 heteroatoms. The Morgan fingerprint density at radius 3 is 1.24 bits per heavy atom. The van der Waals surface area contributed by atoms with Gasteiger partial charge in [-0.05, 0) is 31.1 Å². The summed E-state index contributed by atoms with van der Waals surface area (Å²) in [4.78, 5) is 0. The molecule has 3 heterocycles. The fourth-order valence-corrected chi connectivity index (χ4v) is 7.49. The fraction of sp³-hybridized carbons (Fsp3) is 0.907. The molecule has 3 rings (SSSR count). The molecule has 0 saturated carbocycles. The van der Waals surface area contributed by atoms with Crippen molar-refractivity contribution < 1.29 is 79.5 Å². The predicted molar refractivity (Wildman–Crippen MR) is 214 cm³/mol. The van der Waals surface area contributed by atoms with Gasteiger partial charge < -0.3 is 79.5 Å². The summed E-state index contributed by atoms with van der Waals surface area (Å²) in [7, 11) is 0. The van der Waals surface area contributed by atoms with E-state index in [0.717, 1.165) is 57.8 Å². The van der Waals surface area contributed by atoms with Crippen LogP contribution in [0.2, 0.25) is 0 Å². The van der Waals surface area contributed by atoms with Gasteiger partial charge in [-0.2, -0.15) is 0 Å². The number of rotatable bonds is 27. The SMILES string of the molecule is CCCCCCCCCCCCC#CC#CCCCCCCCCCO[C@@H]1O[C@H](CO)[C@@H](O[C@H]2O[C@H](CO)[C@@H](O[C@H]3O[C@H](CO)[C@@H](O)[C@H](O)[C@H]3O)[C@H](O)[C@H]2O)[C@H](O)[C@H]1O. The largest absolute Gasteiger partial charge is 0.394 e. The van der Waals surface area contributed by atoms with Crippen molar-refractivity contribution in [3.05, 3.63) is 0 Å². The molecule has 0 radical (unpaired) electrons. The molecule has 16 nitrogen and oxygen atoms in total. The van der Waals surface area contributed by atoms with Gasteiger partial charge in [-0.3, -0.25) is 0 Å². The maximum atomic E-state index is 11.0. The summed E-state index contributed by atoms with van der Waals surface area (Å²) < 4.78 is 33.6. The smallest absolute Gasteiger partial charge is 0.187 e. The molecule has 3 fully saturated rings. The first-order chi connectivity index (χ1) is 28.6. The lowest BCUT2D eigenvalue weighted by molar-refractivity contribution is -0.379. The van der Waals surface area contributed by atoms with E-state index in [1.54, 1.807) is 0 Å². The van der Waals surface area contributed by atoms with Gasteiger partial charge in [0.25, 0.3) is 0 Å². The van der Waals surface area contributed by atoms with E-state index in [2.05, 4.69) is 30.6 Å². The minimum atomic E-state index is -1.90. The number of aliphatic hydroxyl groups is 10. The first kappa shape index (κ1) is 51.8. The Labute approximate surface area is 350 Å². The summed E-state index contributed by atoms with van der Waals surface area (Å²) in [5, 5.41) is 104. The standard InChI is InChI=1S/C43H74O16/c1-2-3-4-5-6-7-8-9-10-11-12-13-14-15-16-17-18-19-20-21-22-23-24-25-54-41-37(52)34(49)39(30(27-45)56-41)59-43-38(53)35(50)40(31(28-46)57-43)58-42-36(51)33(48)32(47)29(26-44)55-42/h29-53H,2-12,17-28H2,1H3/t29-,30-,31-,32-,33+,34-,35-,36-,37-,38-,39-,40-,41-,42-,43-/m1/s1. The number of unbranched alkanes of at least 4 members (excludes halogenated alkanes) is 17. The third-order valence-corrected chi connectivity index (χ3v) is 11.2. The molecule has 10 N–H and O–H groups in total. The van der Waals surface area contributed by atoms with Gasteiger partial charge in [-0.1, -0.05) is 109 Å². The van der Waals surface area contributed by atoms with Crippen molar-refractivity contribution in [2.75, 3.05) is 26.4 Å². The second-order valence-electron chi connectivity index (χ2n) is 15.9. The average Bonchev–Trinajstić information content (AvgIpc) is 3.24. The highest BCUT2D eigenvalue weighted by Gasteiger charge is 2.53. The molecule has 0 aromatic carbocycles. The summed E-state index contributed by atoms with van der Waals surface area (Å²) in [5.74, 6) is 12.3. The molecule has 0 bridgehead atoms. The van der Waals surface area contributed by atoms with Crippen LogP contribution < -0.4 is 0 Å². The third kappa shape index (κ3) is 17.3. The van der Waals surface area contributed by atoms with Crippen molar-refractivity contribution in [3.8, 4) is 23.7 Å². The molecule has 59 heavy (non-hydrogen) atoms. The lowest BCUT2D eigenvalue weighted by Crippen LogP contribution is -2.66. The third-order valence-electron chi connectivity index (χ3n) is 11.2. The van der Waals surface area contributed by atoms with Crippen LogP contribution in [0, 0.1) is 23.7 Å². The fourth-order valence-electron chi connectivity index (χ4n) is 7.49. The zero-order valence-corrected chi connectivity index (χ0v) is 34.8. The van der Waals surface area contributed by atoms with E-state index >= 15 is 0 Å². The Bertz CT molecular complexity index is 1220. The maximum Gasteiger partial charge on any atom is 0.187 e. The van der Waals surface area contributed by atoms with Crippen molar-refractivity contribution in [2.45, 2.75) is 221 Å². The quantitative estimate of drug-likeness (QED) is 0.0407. The van der Waals surface area contributed by atoms with Gasteiger partial charge in [-0.25, -0.2) is 0 Å². The topological polar surface area (TPSA) is 258 Å². The van der Waals surface area contributed by atoms with Crippen molar-refractivity contribution in [3.63, 3.8) is 0 Å². The highest BCUT2D eigenvalue weighted by atomic mass is 16.8. The molecule has 0 aromatic rings. The molecule has 3 aliphatic rings. The van der Waals surface area contributed by atoms with Crippen LogP contribution >= 0.6 is 0 Å². The maximum absolute atomic E-state index is 11.0. The molecule has 0 aliphatic carbocycles. The lowest BCUT2D eigenvalue weighted by atomic mass is 9.96. The second kappa shape index (κ2) is 29.7. The number of aliphatic hydroxyl groups excluding tert-OH is 10. The normalized spacial score (nSPS) is 34.8. The first-order valence-corrected chi connectivity index (χ1v) is 22.0. The van der Waals surface area contributed by atoms with E-state index in [-0.39, 0.29) is 6.61 Å². The van der Waals surface area contributed by atoms with Crippen LogP contribution in [0.3, 0.4) is 0 Å². The van der Waals surface area contributed by atoms with Crippen molar-refractivity contribution in [1.29, 1.82) is 0 Å². The Morgan fingerprint density at radius 2 is 0.780 bits per heavy atom. The highest BCUT2D eigenvalue weighted by molar-refractivity contribution is 5.25. The van der Waals surface area contributed by atoms with Gasteiger partial charge in [0.1, 0.15) is 73.2 Å². The minimum Gasteiger partial charge on any atom is -0.394 e. The molecular formula is C43H74O16. The second-order valence-corrected chi connectivity index (χ2v) is 15.9. The van der Waals surface area contributed by atoms with E-state index in [9.17, 15) is 51.1 Å². The van der Waals surface area contributed by atoms with Crippen LogP contribution in [0.25, 0.3) is 0 Å². The number of ether oxygens (including phenoxy) is 6. The van der Waals surface area contributed by atoms with Crippen molar-refractivity contribution in [2.24, 2.45) is 0 Å². The number of hydrogen-bond donors (Lipinski definition) is 10. The molecule has 15 atom stereocenters. The summed E-state index contributed by atoms with van der Waals surface area (Å²) in [6, 6.07) is 0. The van der Waals surface area contributed by atoms with Crippen molar-refractivity contribution >= 4 is 0 Å². The van der Waals surface area contributed by atoms with E-state index in [1.165, 1.54) is 57.8 Å². The summed E-state index contributed by atoms with van der Waals surface area (Å²) in [5.41, 5.74) is 0. The summed E-state index contributed by atoms with van der Waals surface area (Å²) in [6.07, 6.45) is -2.17. The molecule has 0 spiro atoms. The Balaban J connectivity index is 1.28. The Kier molecular flexibility index (Phi) is 26.1. The van der Waals surface area contributed by atoms with Crippen LogP contribution in [-0.4, -0.2) is 170 Å². The first-order valence-electron chi connectivity index (χ1n) is 22.0. The van der Waals surface area contributed by atoms with Crippen LogP contribution in [0.5, 0.6) is 0 Å². The van der Waals surface area contributed by atoms with Gasteiger partial charge in [-0.15, -0.1) is 0 Å². The highest BCUT2D eigenvalue weighted by Crippen LogP contribution is 2.32. The van der Waals surface area contributed by atoms with Gasteiger partial charge in [0.2, 0.25) is 0 Å². The van der Waals surface area contributed by atoms with Crippen LogP contribution in [0.4, 0.5) is 0 Å². The zero-order valence-electron chi connectivity index (χ0n) is 34.8. The van der Waals surface area contributed by atoms with Gasteiger partial charge in [0, 0.05) is 19.4 Å². The minimum absolute atomic E-state index is 0.235. The zero-order chi connectivity index (χ0) is 43.0. The predicted octanol–water partition coefficient (Wildman–Crippen LogP) is 0.890. The Morgan fingerprint density at radius 1 is 0.407 bits per heavy atom. The van der Waals surface area contributed by atoms with E-state index in [4.69, 9.17) is 28.4 Å². The van der Waals surface area contributed by atoms with Crippen LogP contribution in [0.15, 0.2) is 0 Å². The molecule has 0 amide bonds. The molecule has 0 aromatic heterocycles. The molecular weight excluding hydrogens is 772 g/mol. The molecule has 3 saturated heterocycles. The van der Waals surface area contributed by atoms with E-state index in [0.29, 0.717) is 6.42 Å². The van der Waals surface area contributed by atoms with E-state index < -0.39 is 112 Å². The number of hydrogen-bond acceptors (Lipinski definition) is 16. The van der Waals surface area contributed by atoms with Gasteiger partial charge in [0.15, 0.2) is 18.9 Å². The summed E-state index contributed by atoms with van der Waals surface area (Å²) >= 11 is 0. The average molecular weight is 847 g/mol. The van der Waals surface area contributed by atoms with Gasteiger partial charge >= 0.3 is 0 Å². The van der Waals surface area contributed by atoms with Gasteiger partial charge in [0.05, 0.1) is 19.8 Å². The van der Waals surface area contributed by atoms with Crippen molar-refractivity contribution in [1.82, 2.24) is 0 Å². The van der Waals surface area contributed by atoms with E-state index in [1.807, 2.05) is 0 Å². The molecule has 0 unspecified atom stereocenters. The monoisotopic (exact) mass is 846 g/mol.